The Balaban J connectivity index is 1.98. The van der Waals surface area contributed by atoms with Crippen molar-refractivity contribution < 1.29 is 14.3 Å². The lowest BCUT2D eigenvalue weighted by Crippen LogP contribution is -2.57. The van der Waals surface area contributed by atoms with Gasteiger partial charge in [0.2, 0.25) is 5.91 Å². The zero-order valence-corrected chi connectivity index (χ0v) is 16.0. The number of carbonyl (C=O) groups is 2. The van der Waals surface area contributed by atoms with Crippen molar-refractivity contribution in [1.29, 1.82) is 0 Å². The minimum atomic E-state index is -0.562. The summed E-state index contributed by atoms with van der Waals surface area (Å²) in [6.45, 7) is 8.89. The Kier molecular flexibility index (Phi) is 5.72. The molecule has 1 aromatic rings. The van der Waals surface area contributed by atoms with Crippen molar-refractivity contribution in [3.8, 4) is 0 Å². The van der Waals surface area contributed by atoms with Crippen molar-refractivity contribution in [3.63, 3.8) is 0 Å². The van der Waals surface area contributed by atoms with Gasteiger partial charge in [-0.25, -0.2) is 4.79 Å². The average molecular weight is 347 g/mol. The lowest BCUT2D eigenvalue weighted by molar-refractivity contribution is -0.125. The highest BCUT2D eigenvalue weighted by atomic mass is 16.6. The molecule has 2 rings (SSSR count). The number of benzene rings is 1. The van der Waals surface area contributed by atoms with Gasteiger partial charge in [0.05, 0.1) is 0 Å². The normalized spacial score (nSPS) is 17.2. The zero-order valence-electron chi connectivity index (χ0n) is 16.0. The number of ether oxygens (including phenoxy) is 1. The van der Waals surface area contributed by atoms with Crippen molar-refractivity contribution in [3.05, 3.63) is 29.3 Å². The van der Waals surface area contributed by atoms with Crippen LogP contribution in [0.3, 0.4) is 0 Å². The maximum atomic E-state index is 12.5. The van der Waals surface area contributed by atoms with Gasteiger partial charge in [0.25, 0.3) is 0 Å². The maximum Gasteiger partial charge on any atom is 0.410 e. The monoisotopic (exact) mass is 347 g/mol. The Labute approximate surface area is 150 Å². The van der Waals surface area contributed by atoms with Crippen LogP contribution in [0.5, 0.6) is 0 Å². The Morgan fingerprint density at radius 3 is 2.48 bits per heavy atom. The Morgan fingerprint density at radius 1 is 1.32 bits per heavy atom. The molecule has 0 aromatic heterocycles. The van der Waals surface area contributed by atoms with Crippen molar-refractivity contribution in [2.45, 2.75) is 52.3 Å². The van der Waals surface area contributed by atoms with E-state index in [1.165, 1.54) is 10.5 Å². The van der Waals surface area contributed by atoms with Gasteiger partial charge in [-0.1, -0.05) is 6.07 Å². The summed E-state index contributed by atoms with van der Waals surface area (Å²) in [7, 11) is 4.05. The number of aryl methyl sites for hydroxylation is 1. The van der Waals surface area contributed by atoms with Gasteiger partial charge in [-0.3, -0.25) is 9.69 Å². The smallest absolute Gasteiger partial charge is 0.410 e. The third-order valence-corrected chi connectivity index (χ3v) is 4.05. The van der Waals surface area contributed by atoms with E-state index in [-0.39, 0.29) is 5.91 Å². The summed E-state index contributed by atoms with van der Waals surface area (Å²) in [5.74, 6) is -0.170. The molecular formula is C19H29N3O3. The summed E-state index contributed by atoms with van der Waals surface area (Å²) in [5.41, 5.74) is 2.54. The highest BCUT2D eigenvalue weighted by Gasteiger charge is 2.39. The molecule has 6 heteroatoms. The van der Waals surface area contributed by atoms with Gasteiger partial charge in [-0.05, 0) is 71.5 Å². The molecule has 1 aromatic carbocycles. The van der Waals surface area contributed by atoms with Crippen LogP contribution in [-0.4, -0.2) is 54.1 Å². The van der Waals surface area contributed by atoms with Gasteiger partial charge in [0, 0.05) is 18.8 Å². The molecule has 0 saturated carbocycles. The largest absolute Gasteiger partial charge is 0.444 e. The summed E-state index contributed by atoms with van der Waals surface area (Å²) in [4.78, 5) is 28.2. The van der Waals surface area contributed by atoms with Crippen LogP contribution in [0, 0.1) is 6.92 Å². The van der Waals surface area contributed by atoms with Crippen molar-refractivity contribution in [2.75, 3.05) is 26.0 Å². The number of anilines is 1. The first-order chi connectivity index (χ1) is 11.6. The quantitative estimate of drug-likeness (QED) is 0.909. The molecular weight excluding hydrogens is 318 g/mol. The first kappa shape index (κ1) is 19.2. The fourth-order valence-electron chi connectivity index (χ4n) is 2.72. The van der Waals surface area contributed by atoms with E-state index in [9.17, 15) is 9.59 Å². The molecule has 0 radical (unpaired) electrons. The predicted molar refractivity (Wildman–Crippen MR) is 98.5 cm³/mol. The molecule has 6 nitrogen and oxygen atoms in total. The molecule has 1 aliphatic rings. The van der Waals surface area contributed by atoms with E-state index in [1.54, 1.807) is 0 Å². The number of hydrogen-bond donors (Lipinski definition) is 1. The molecule has 0 bridgehead atoms. The number of nitrogens with zero attached hydrogens (tertiary/aromatic N) is 2. The van der Waals surface area contributed by atoms with Gasteiger partial charge in [0.1, 0.15) is 11.6 Å². The molecule has 1 atom stereocenters. The molecule has 1 aliphatic heterocycles. The zero-order chi connectivity index (χ0) is 18.8. The summed E-state index contributed by atoms with van der Waals surface area (Å²) in [6, 6.07) is 5.43. The molecule has 1 heterocycles. The van der Waals surface area contributed by atoms with Gasteiger partial charge < -0.3 is 15.0 Å². The van der Waals surface area contributed by atoms with Crippen LogP contribution >= 0.6 is 0 Å². The van der Waals surface area contributed by atoms with Crippen LogP contribution in [0.2, 0.25) is 0 Å². The van der Waals surface area contributed by atoms with Crippen LogP contribution in [0.1, 0.15) is 38.3 Å². The van der Waals surface area contributed by atoms with Crippen molar-refractivity contribution in [2.24, 2.45) is 0 Å². The minimum Gasteiger partial charge on any atom is -0.444 e. The van der Waals surface area contributed by atoms with Crippen molar-refractivity contribution >= 4 is 17.7 Å². The topological polar surface area (TPSA) is 61.9 Å². The summed E-state index contributed by atoms with van der Waals surface area (Å²) < 4.78 is 5.35. The number of likely N-dealkylation sites (tertiary alicyclic amines) is 1. The molecule has 0 unspecified atom stereocenters. The number of hydrogen-bond acceptors (Lipinski definition) is 4. The molecule has 1 saturated heterocycles. The standard InChI is InChI=1S/C19H29N3O3/c1-13-11-15(8-7-14(13)12-21(5)6)20-17(23)16-9-10-22(16)18(24)25-19(2,3)4/h7-8,11,16H,9-10,12H2,1-6H3,(H,20,23)/t16-/m1/s1. The number of rotatable bonds is 4. The number of nitrogens with one attached hydrogen (secondary N) is 1. The van der Waals surface area contributed by atoms with E-state index in [0.29, 0.717) is 13.0 Å². The first-order valence-electron chi connectivity index (χ1n) is 8.61. The highest BCUT2D eigenvalue weighted by Crippen LogP contribution is 2.23. The van der Waals surface area contributed by atoms with E-state index < -0.39 is 17.7 Å². The fourth-order valence-corrected chi connectivity index (χ4v) is 2.72. The highest BCUT2D eigenvalue weighted by molar-refractivity contribution is 5.97. The third kappa shape index (κ3) is 5.19. The second kappa shape index (κ2) is 7.44. The molecule has 0 spiro atoms. The van der Waals surface area contributed by atoms with E-state index in [2.05, 4.69) is 10.2 Å². The van der Waals surface area contributed by atoms with Crippen LogP contribution in [0.4, 0.5) is 10.5 Å². The Hall–Kier alpha value is -2.08. The SMILES string of the molecule is Cc1cc(NC(=O)[C@H]2CCN2C(=O)OC(C)(C)C)ccc1CN(C)C. The summed E-state index contributed by atoms with van der Waals surface area (Å²) in [6.07, 6.45) is 0.222. The fraction of sp³-hybridized carbons (Fsp3) is 0.579. The van der Waals surface area contributed by atoms with Gasteiger partial charge in [-0.15, -0.1) is 0 Å². The van der Waals surface area contributed by atoms with Crippen LogP contribution in [0.15, 0.2) is 18.2 Å². The van der Waals surface area contributed by atoms with Crippen molar-refractivity contribution in [1.82, 2.24) is 9.80 Å². The molecule has 25 heavy (non-hydrogen) atoms. The van der Waals surface area contributed by atoms with Crippen LogP contribution < -0.4 is 5.32 Å². The molecule has 1 N–H and O–H groups in total. The van der Waals surface area contributed by atoms with Gasteiger partial charge in [-0.2, -0.15) is 0 Å². The van der Waals surface area contributed by atoms with E-state index in [4.69, 9.17) is 4.74 Å². The van der Waals surface area contributed by atoms with Gasteiger partial charge >= 0.3 is 6.09 Å². The summed E-state index contributed by atoms with van der Waals surface area (Å²) >= 11 is 0. The maximum absolute atomic E-state index is 12.5. The predicted octanol–water partition coefficient (Wildman–Crippen LogP) is 3.00. The lowest BCUT2D eigenvalue weighted by atomic mass is 10.0. The van der Waals surface area contributed by atoms with Crippen LogP contribution in [-0.2, 0) is 16.1 Å². The lowest BCUT2D eigenvalue weighted by Gasteiger charge is -2.40. The minimum absolute atomic E-state index is 0.170. The van der Waals surface area contributed by atoms with E-state index >= 15 is 0 Å². The average Bonchev–Trinajstić information content (AvgIpc) is 2.37. The Morgan fingerprint density at radius 2 is 2.00 bits per heavy atom. The molecule has 138 valence electrons. The van der Waals surface area contributed by atoms with E-state index in [0.717, 1.165) is 17.8 Å². The molecule has 2 amide bonds. The molecule has 1 fully saturated rings. The van der Waals surface area contributed by atoms with Crippen LogP contribution in [0.25, 0.3) is 0 Å². The summed E-state index contributed by atoms with van der Waals surface area (Å²) in [5, 5.41) is 2.91. The second-order valence-electron chi connectivity index (χ2n) is 7.85. The first-order valence-corrected chi connectivity index (χ1v) is 8.61. The van der Waals surface area contributed by atoms with E-state index in [1.807, 2.05) is 60.0 Å². The number of amides is 2. The number of carbonyl (C=O) groups excluding carboxylic acids is 2. The third-order valence-electron chi connectivity index (χ3n) is 4.05. The van der Waals surface area contributed by atoms with Gasteiger partial charge in [0.15, 0.2) is 0 Å². The Bertz CT molecular complexity index is 650. The molecule has 0 aliphatic carbocycles. The second-order valence-corrected chi connectivity index (χ2v) is 7.85.